The van der Waals surface area contributed by atoms with Crippen molar-refractivity contribution in [1.82, 2.24) is 15.3 Å². The van der Waals surface area contributed by atoms with E-state index in [0.717, 1.165) is 62.1 Å². The van der Waals surface area contributed by atoms with Gasteiger partial charge in [-0.3, -0.25) is 9.59 Å². The summed E-state index contributed by atoms with van der Waals surface area (Å²) in [6, 6.07) is 21.4. The quantitative estimate of drug-likeness (QED) is 0.120. The number of benzene rings is 4. The highest BCUT2D eigenvalue weighted by molar-refractivity contribution is 7.22. The highest BCUT2D eigenvalue weighted by atomic mass is 32.1. The van der Waals surface area contributed by atoms with Crippen LogP contribution in [0.3, 0.4) is 0 Å². The molecule has 2 fully saturated rings. The van der Waals surface area contributed by atoms with Crippen LogP contribution in [0.1, 0.15) is 24.0 Å². The molecule has 4 N–H and O–H groups in total. The van der Waals surface area contributed by atoms with E-state index < -0.39 is 0 Å². The lowest BCUT2D eigenvalue weighted by atomic mass is 10.00. The van der Waals surface area contributed by atoms with Gasteiger partial charge in [0, 0.05) is 29.6 Å². The number of hydrogen-bond acceptors (Lipinski definition) is 8. The van der Waals surface area contributed by atoms with Crippen LogP contribution in [0.4, 0.5) is 19.0 Å². The number of amides is 2. The molecule has 0 radical (unpaired) electrons. The maximum atomic E-state index is 14.2. The molecule has 2 aliphatic carbocycles. The molecule has 2 aromatic heterocycles. The Morgan fingerprint density at radius 3 is 1.65 bits per heavy atom. The van der Waals surface area contributed by atoms with Gasteiger partial charge in [0.25, 0.3) is 0 Å². The summed E-state index contributed by atoms with van der Waals surface area (Å²) in [4.78, 5) is 33.3. The fraction of sp³-hybridized carbons (Fsp3) is 0.282. The zero-order valence-electron chi connectivity index (χ0n) is 28.3. The van der Waals surface area contributed by atoms with E-state index in [0.29, 0.717) is 27.3 Å². The number of carbonyl (C=O) groups excluding carboxylic acids is 2. The third-order valence-electron chi connectivity index (χ3n) is 9.48. The van der Waals surface area contributed by atoms with Crippen molar-refractivity contribution in [3.63, 3.8) is 0 Å². The second-order valence-electron chi connectivity index (χ2n) is 13.2. The number of nitrogens with one attached hydrogen (secondary N) is 3. The first-order chi connectivity index (χ1) is 24.6. The van der Waals surface area contributed by atoms with E-state index in [-0.39, 0.29) is 47.8 Å². The first kappa shape index (κ1) is 34.8. The fourth-order valence-corrected chi connectivity index (χ4v) is 8.30. The van der Waals surface area contributed by atoms with E-state index >= 15 is 0 Å². The number of aromatic nitrogens is 2. The predicted octanol–water partition coefficient (Wildman–Crippen LogP) is 8.18. The number of carbonyl (C=O) groups is 2. The number of aliphatic hydroxyl groups excluding tert-OH is 1. The zero-order chi connectivity index (χ0) is 35.8. The summed E-state index contributed by atoms with van der Waals surface area (Å²) >= 11 is 2.80. The van der Waals surface area contributed by atoms with Crippen LogP contribution in [0.5, 0.6) is 0 Å². The molecule has 2 unspecified atom stereocenters. The van der Waals surface area contributed by atoms with E-state index in [9.17, 15) is 18.4 Å². The second kappa shape index (κ2) is 14.5. The highest BCUT2D eigenvalue weighted by Crippen LogP contribution is 2.41. The predicted molar refractivity (Wildman–Crippen MR) is 201 cm³/mol. The van der Waals surface area contributed by atoms with Crippen LogP contribution in [-0.2, 0) is 9.59 Å². The van der Waals surface area contributed by atoms with E-state index in [1.807, 2.05) is 69.4 Å². The van der Waals surface area contributed by atoms with Gasteiger partial charge in [0.1, 0.15) is 11.6 Å². The molecule has 4 aromatic carbocycles. The Kier molecular flexibility index (Phi) is 9.93. The third-order valence-corrected chi connectivity index (χ3v) is 11.3. The topological polar surface area (TPSA) is 116 Å². The molecule has 2 aliphatic rings. The molecular formula is C39H37F2N5O3S2. The summed E-state index contributed by atoms with van der Waals surface area (Å²) < 4.78 is 30.3. The van der Waals surface area contributed by atoms with E-state index in [2.05, 4.69) is 25.9 Å². The van der Waals surface area contributed by atoms with Crippen molar-refractivity contribution in [3.8, 4) is 22.3 Å². The Morgan fingerprint density at radius 1 is 0.745 bits per heavy atom. The number of rotatable bonds is 9. The number of aliphatic hydroxyl groups is 1. The summed E-state index contributed by atoms with van der Waals surface area (Å²) in [5, 5.41) is 19.1. The first-order valence-electron chi connectivity index (χ1n) is 16.8. The molecule has 2 saturated carbocycles. The molecular weight excluding hydrogens is 689 g/mol. The molecule has 0 saturated heterocycles. The fourth-order valence-electron chi connectivity index (χ4n) is 6.49. The van der Waals surface area contributed by atoms with Crippen molar-refractivity contribution in [2.24, 2.45) is 23.7 Å². The Balaban J connectivity index is 0.000000159. The average molecular weight is 726 g/mol. The summed E-state index contributed by atoms with van der Waals surface area (Å²) in [6.07, 6.45) is 1.65. The van der Waals surface area contributed by atoms with E-state index in [1.165, 1.54) is 34.8 Å². The average Bonchev–Trinajstić information content (AvgIpc) is 3.98. The van der Waals surface area contributed by atoms with Crippen LogP contribution in [0.2, 0.25) is 0 Å². The summed E-state index contributed by atoms with van der Waals surface area (Å²) in [5.41, 5.74) is 6.18. The summed E-state index contributed by atoms with van der Waals surface area (Å²) in [6.45, 7) is 4.69. The molecule has 0 aliphatic heterocycles. The summed E-state index contributed by atoms with van der Waals surface area (Å²) in [7, 11) is 1.90. The first-order valence-corrected chi connectivity index (χ1v) is 18.5. The molecule has 0 spiro atoms. The minimum Gasteiger partial charge on any atom is -0.396 e. The minimum atomic E-state index is -0.249. The van der Waals surface area contributed by atoms with Gasteiger partial charge in [-0.2, -0.15) is 0 Å². The van der Waals surface area contributed by atoms with Gasteiger partial charge in [-0.15, -0.1) is 0 Å². The van der Waals surface area contributed by atoms with Crippen molar-refractivity contribution in [3.05, 3.63) is 95.6 Å². The van der Waals surface area contributed by atoms with Crippen molar-refractivity contribution in [2.75, 3.05) is 30.8 Å². The van der Waals surface area contributed by atoms with Gasteiger partial charge in [-0.25, -0.2) is 18.7 Å². The minimum absolute atomic E-state index is 0.0366. The highest BCUT2D eigenvalue weighted by Gasteiger charge is 2.43. The van der Waals surface area contributed by atoms with Crippen LogP contribution in [0.25, 0.3) is 42.7 Å². The van der Waals surface area contributed by atoms with Crippen molar-refractivity contribution in [1.29, 1.82) is 0 Å². The Bertz CT molecular complexity index is 2230. The largest absolute Gasteiger partial charge is 0.396 e. The SMILES string of the molecule is CNC[C@@H]1CC1C(=O)Nc1nc2ccc(-c3c(C)cccc3F)cc2s1.Cc1cccc(F)c1-c1ccc2nc(NC(=O)C3C[C@H]3CO)sc2c1. The van der Waals surface area contributed by atoms with Gasteiger partial charge in [0.05, 0.1) is 20.4 Å². The number of halogens is 2. The number of fused-ring (bicyclic) bond motifs is 2. The molecule has 4 atom stereocenters. The zero-order valence-corrected chi connectivity index (χ0v) is 29.9. The molecule has 262 valence electrons. The second-order valence-corrected chi connectivity index (χ2v) is 15.3. The van der Waals surface area contributed by atoms with Gasteiger partial charge in [0.15, 0.2) is 10.3 Å². The van der Waals surface area contributed by atoms with Gasteiger partial charge in [0.2, 0.25) is 11.8 Å². The van der Waals surface area contributed by atoms with Crippen molar-refractivity contribution < 1.29 is 23.5 Å². The summed E-state index contributed by atoms with van der Waals surface area (Å²) in [5.74, 6) is -0.0830. The Morgan fingerprint density at radius 2 is 1.22 bits per heavy atom. The maximum Gasteiger partial charge on any atom is 0.229 e. The van der Waals surface area contributed by atoms with Crippen LogP contribution < -0.4 is 16.0 Å². The van der Waals surface area contributed by atoms with Gasteiger partial charge >= 0.3 is 0 Å². The Hall–Kier alpha value is -4.62. The number of anilines is 2. The molecule has 51 heavy (non-hydrogen) atoms. The number of nitrogens with zero attached hydrogens (tertiary/aromatic N) is 2. The van der Waals surface area contributed by atoms with Gasteiger partial charge < -0.3 is 21.1 Å². The number of hydrogen-bond donors (Lipinski definition) is 4. The van der Waals surface area contributed by atoms with Crippen LogP contribution in [0.15, 0.2) is 72.8 Å². The monoisotopic (exact) mass is 725 g/mol. The maximum absolute atomic E-state index is 14.2. The van der Waals surface area contributed by atoms with Crippen molar-refractivity contribution in [2.45, 2.75) is 26.7 Å². The lowest BCUT2D eigenvalue weighted by molar-refractivity contribution is -0.118. The van der Waals surface area contributed by atoms with Crippen LogP contribution in [0, 0.1) is 49.2 Å². The lowest BCUT2D eigenvalue weighted by Crippen LogP contribution is -2.18. The normalized spacial score (nSPS) is 19.0. The molecule has 6 aromatic rings. The molecule has 2 amide bonds. The molecule has 2 heterocycles. The molecule has 8 nitrogen and oxygen atoms in total. The van der Waals surface area contributed by atoms with Gasteiger partial charge in [-0.1, -0.05) is 59.1 Å². The van der Waals surface area contributed by atoms with Gasteiger partial charge in [-0.05, 0) is 111 Å². The van der Waals surface area contributed by atoms with Crippen LogP contribution >= 0.6 is 22.7 Å². The molecule has 12 heteroatoms. The lowest BCUT2D eigenvalue weighted by Gasteiger charge is -2.07. The smallest absolute Gasteiger partial charge is 0.229 e. The third kappa shape index (κ3) is 7.55. The Labute approximate surface area is 302 Å². The number of aryl methyl sites for hydroxylation is 2. The van der Waals surface area contributed by atoms with E-state index in [4.69, 9.17) is 5.11 Å². The van der Waals surface area contributed by atoms with E-state index in [1.54, 1.807) is 12.1 Å². The van der Waals surface area contributed by atoms with Crippen LogP contribution in [-0.4, -0.2) is 47.1 Å². The number of thiazole rings is 2. The molecule has 0 bridgehead atoms. The molecule has 8 rings (SSSR count). The standard InChI is InChI=1S/C20H20FN3OS.C19H17FN2O2S/c1-11-4-3-5-15(21)18(11)12-6-7-16-17(9-12)26-20(23-16)24-19(25)14-8-13(14)10-22-2;1-10-3-2-4-14(20)17(10)11-5-6-15-16(8-11)25-19(21-15)22-18(24)13-7-12(13)9-23/h3-7,9,13-14,22H,8,10H2,1-2H3,(H,23,24,25);2-6,8,12-13,23H,7,9H2,1H3,(H,21,22,24)/t13-,14?;12-,13?/m00/s1. The van der Waals surface area contributed by atoms with Crippen molar-refractivity contribution >= 4 is 65.2 Å².